The first-order valence-corrected chi connectivity index (χ1v) is 8.80. The van der Waals surface area contributed by atoms with Crippen molar-refractivity contribution in [2.75, 3.05) is 0 Å². The van der Waals surface area contributed by atoms with Crippen LogP contribution in [0.1, 0.15) is 47.9 Å². The van der Waals surface area contributed by atoms with Crippen molar-refractivity contribution >= 4 is 5.91 Å². The molecule has 0 aliphatic rings. The zero-order valence-corrected chi connectivity index (χ0v) is 15.3. The second-order valence-electron chi connectivity index (χ2n) is 6.32. The van der Waals surface area contributed by atoms with Crippen molar-refractivity contribution in [3.63, 3.8) is 0 Å². The lowest BCUT2D eigenvalue weighted by atomic mass is 10.1. The average Bonchev–Trinajstić information content (AvgIpc) is 3.11. The molecule has 0 fully saturated rings. The molecule has 6 nitrogen and oxygen atoms in total. The standard InChI is InChI=1S/C20H23N5O/c1-4-10-25-19(22-13-23-25)16-6-5-7-17(11-16)20(26)24-15(3)18-9-8-14(2)21-12-18/h5-9,11-13,15H,4,10H2,1-3H3,(H,24,26)/t15-/m1/s1. The van der Waals surface area contributed by atoms with Gasteiger partial charge in [0.05, 0.1) is 6.04 Å². The van der Waals surface area contributed by atoms with Gasteiger partial charge in [-0.2, -0.15) is 5.10 Å². The first-order chi connectivity index (χ1) is 12.6. The molecule has 0 saturated heterocycles. The zero-order valence-electron chi connectivity index (χ0n) is 15.3. The van der Waals surface area contributed by atoms with Crippen molar-refractivity contribution in [2.24, 2.45) is 0 Å². The van der Waals surface area contributed by atoms with Gasteiger partial charge in [-0.15, -0.1) is 0 Å². The maximum atomic E-state index is 12.7. The first-order valence-electron chi connectivity index (χ1n) is 8.80. The molecular formula is C20H23N5O. The fourth-order valence-corrected chi connectivity index (χ4v) is 2.76. The highest BCUT2D eigenvalue weighted by atomic mass is 16.1. The number of hydrogen-bond donors (Lipinski definition) is 1. The molecule has 0 aliphatic carbocycles. The van der Waals surface area contributed by atoms with Crippen molar-refractivity contribution in [1.82, 2.24) is 25.1 Å². The van der Waals surface area contributed by atoms with Gasteiger partial charge in [-0.3, -0.25) is 9.78 Å². The lowest BCUT2D eigenvalue weighted by molar-refractivity contribution is 0.0940. The summed E-state index contributed by atoms with van der Waals surface area (Å²) in [5, 5.41) is 7.27. The summed E-state index contributed by atoms with van der Waals surface area (Å²) >= 11 is 0. The van der Waals surface area contributed by atoms with Crippen molar-refractivity contribution in [3.8, 4) is 11.4 Å². The number of benzene rings is 1. The van der Waals surface area contributed by atoms with Crippen LogP contribution in [-0.4, -0.2) is 25.7 Å². The van der Waals surface area contributed by atoms with E-state index in [2.05, 4.69) is 27.3 Å². The average molecular weight is 349 g/mol. The summed E-state index contributed by atoms with van der Waals surface area (Å²) in [5.74, 6) is 0.652. The van der Waals surface area contributed by atoms with Gasteiger partial charge in [0.2, 0.25) is 0 Å². The Morgan fingerprint density at radius 3 is 2.81 bits per heavy atom. The Morgan fingerprint density at radius 1 is 1.23 bits per heavy atom. The van der Waals surface area contributed by atoms with Crippen LogP contribution < -0.4 is 5.32 Å². The van der Waals surface area contributed by atoms with Crippen LogP contribution in [0.2, 0.25) is 0 Å². The van der Waals surface area contributed by atoms with E-state index in [0.29, 0.717) is 5.56 Å². The Bertz CT molecular complexity index is 885. The number of carbonyl (C=O) groups excluding carboxylic acids is 1. The Morgan fingerprint density at radius 2 is 2.08 bits per heavy atom. The van der Waals surface area contributed by atoms with Crippen LogP contribution in [0.5, 0.6) is 0 Å². The molecule has 6 heteroatoms. The van der Waals surface area contributed by atoms with Gasteiger partial charge >= 0.3 is 0 Å². The number of aromatic nitrogens is 4. The van der Waals surface area contributed by atoms with Crippen LogP contribution in [0.25, 0.3) is 11.4 Å². The van der Waals surface area contributed by atoms with Crippen molar-refractivity contribution in [2.45, 2.75) is 39.8 Å². The molecule has 0 bridgehead atoms. The van der Waals surface area contributed by atoms with Gasteiger partial charge < -0.3 is 5.32 Å². The minimum absolute atomic E-state index is 0.122. The SMILES string of the molecule is CCCn1ncnc1-c1cccc(C(=O)N[C@H](C)c2ccc(C)nc2)c1. The Balaban J connectivity index is 1.78. The second kappa shape index (κ2) is 7.91. The van der Waals surface area contributed by atoms with Gasteiger partial charge in [0.15, 0.2) is 5.82 Å². The number of nitrogens with zero attached hydrogens (tertiary/aromatic N) is 4. The number of rotatable bonds is 6. The third-order valence-electron chi connectivity index (χ3n) is 4.22. The van der Waals surface area contributed by atoms with E-state index in [1.165, 1.54) is 0 Å². The third-order valence-corrected chi connectivity index (χ3v) is 4.22. The molecule has 2 heterocycles. The smallest absolute Gasteiger partial charge is 0.251 e. The highest BCUT2D eigenvalue weighted by Crippen LogP contribution is 2.19. The van der Waals surface area contributed by atoms with Gasteiger partial charge in [-0.25, -0.2) is 9.67 Å². The van der Waals surface area contributed by atoms with Crippen LogP contribution in [0.4, 0.5) is 0 Å². The van der Waals surface area contributed by atoms with E-state index < -0.39 is 0 Å². The number of pyridine rings is 1. The minimum Gasteiger partial charge on any atom is -0.345 e. The third kappa shape index (κ3) is 3.96. The van der Waals surface area contributed by atoms with Crippen LogP contribution in [-0.2, 0) is 6.54 Å². The molecule has 26 heavy (non-hydrogen) atoms. The quantitative estimate of drug-likeness (QED) is 0.739. The fraction of sp³-hybridized carbons (Fsp3) is 0.300. The molecule has 3 aromatic rings. The monoisotopic (exact) mass is 349 g/mol. The number of nitrogens with one attached hydrogen (secondary N) is 1. The van der Waals surface area contributed by atoms with Crippen LogP contribution in [0, 0.1) is 6.92 Å². The molecule has 1 atom stereocenters. The highest BCUT2D eigenvalue weighted by molar-refractivity contribution is 5.95. The Kier molecular flexibility index (Phi) is 5.41. The predicted octanol–water partition coefficient (Wildman–Crippen LogP) is 3.55. The Hall–Kier alpha value is -3.02. The maximum absolute atomic E-state index is 12.7. The van der Waals surface area contributed by atoms with Crippen LogP contribution >= 0.6 is 0 Å². The van der Waals surface area contributed by atoms with Gasteiger partial charge in [-0.1, -0.05) is 25.1 Å². The molecule has 134 valence electrons. The van der Waals surface area contributed by atoms with E-state index >= 15 is 0 Å². The van der Waals surface area contributed by atoms with E-state index in [9.17, 15) is 4.79 Å². The van der Waals surface area contributed by atoms with Gasteiger partial charge in [0, 0.05) is 29.6 Å². The molecule has 0 spiro atoms. The molecule has 1 aromatic carbocycles. The van der Waals surface area contributed by atoms with E-state index in [0.717, 1.165) is 35.6 Å². The number of aryl methyl sites for hydroxylation is 2. The summed E-state index contributed by atoms with van der Waals surface area (Å²) in [6, 6.07) is 11.3. The van der Waals surface area contributed by atoms with E-state index in [1.54, 1.807) is 18.6 Å². The normalized spacial score (nSPS) is 12.0. The van der Waals surface area contributed by atoms with Gasteiger partial charge in [0.1, 0.15) is 6.33 Å². The van der Waals surface area contributed by atoms with Crippen molar-refractivity contribution in [1.29, 1.82) is 0 Å². The predicted molar refractivity (Wildman–Crippen MR) is 101 cm³/mol. The highest BCUT2D eigenvalue weighted by Gasteiger charge is 2.14. The molecule has 0 aliphatic heterocycles. The van der Waals surface area contributed by atoms with E-state index in [-0.39, 0.29) is 11.9 Å². The second-order valence-corrected chi connectivity index (χ2v) is 6.32. The van der Waals surface area contributed by atoms with Gasteiger partial charge in [0.25, 0.3) is 5.91 Å². The molecule has 0 unspecified atom stereocenters. The first kappa shape index (κ1) is 17.8. The number of amides is 1. The molecule has 2 aromatic heterocycles. The lowest BCUT2D eigenvalue weighted by Crippen LogP contribution is -2.26. The topological polar surface area (TPSA) is 72.7 Å². The fourth-order valence-electron chi connectivity index (χ4n) is 2.76. The van der Waals surface area contributed by atoms with Crippen LogP contribution in [0.3, 0.4) is 0 Å². The summed E-state index contributed by atoms with van der Waals surface area (Å²) in [7, 11) is 0. The van der Waals surface area contributed by atoms with E-state index in [4.69, 9.17) is 0 Å². The largest absolute Gasteiger partial charge is 0.345 e. The van der Waals surface area contributed by atoms with Crippen molar-refractivity contribution < 1.29 is 4.79 Å². The Labute approximate surface area is 153 Å². The summed E-state index contributed by atoms with van der Waals surface area (Å²) in [6.45, 7) is 6.78. The molecule has 1 N–H and O–H groups in total. The maximum Gasteiger partial charge on any atom is 0.251 e. The molecule has 1 amide bonds. The zero-order chi connectivity index (χ0) is 18.5. The summed E-state index contributed by atoms with van der Waals surface area (Å²) in [4.78, 5) is 21.3. The summed E-state index contributed by atoms with van der Waals surface area (Å²) in [6.07, 6.45) is 4.31. The molecule has 0 saturated carbocycles. The minimum atomic E-state index is -0.124. The lowest BCUT2D eigenvalue weighted by Gasteiger charge is -2.14. The van der Waals surface area contributed by atoms with E-state index in [1.807, 2.05) is 48.9 Å². The summed E-state index contributed by atoms with van der Waals surface area (Å²) in [5.41, 5.74) is 3.41. The molecular weight excluding hydrogens is 326 g/mol. The van der Waals surface area contributed by atoms with Gasteiger partial charge in [-0.05, 0) is 44.0 Å². The van der Waals surface area contributed by atoms with Crippen LogP contribution in [0.15, 0.2) is 48.9 Å². The molecule has 0 radical (unpaired) electrons. The summed E-state index contributed by atoms with van der Waals surface area (Å²) < 4.78 is 1.86. The number of carbonyl (C=O) groups is 1. The molecule has 3 rings (SSSR count). The number of hydrogen-bond acceptors (Lipinski definition) is 4. The van der Waals surface area contributed by atoms with Crippen molar-refractivity contribution in [3.05, 3.63) is 65.7 Å².